The third-order valence-corrected chi connectivity index (χ3v) is 4.34. The topological polar surface area (TPSA) is 143 Å². The average molecular weight is 424 g/mol. The highest BCUT2D eigenvalue weighted by Gasteiger charge is 2.17. The van der Waals surface area contributed by atoms with Crippen molar-refractivity contribution in [2.24, 2.45) is 4.99 Å². The van der Waals surface area contributed by atoms with Gasteiger partial charge in [-0.1, -0.05) is 19.8 Å². The monoisotopic (exact) mass is 423 g/mol. The van der Waals surface area contributed by atoms with Crippen molar-refractivity contribution in [1.82, 2.24) is 9.97 Å². The SMILES string of the molecule is CCCCCc1cc(/C=C2/N=C(c3ccc[nH]3)C=C2OC)[nH]c1C.[O-][Cl+3]([O-])([O-])O. The first-order valence-electron chi connectivity index (χ1n) is 9.23. The summed E-state index contributed by atoms with van der Waals surface area (Å²) in [5, 5.41) is 0. The maximum Gasteiger partial charge on any atom is 0.146 e. The number of aryl methyl sites for hydroxylation is 2. The van der Waals surface area contributed by atoms with Crippen LogP contribution in [-0.4, -0.2) is 27.4 Å². The highest BCUT2D eigenvalue weighted by atomic mass is 35.7. The lowest BCUT2D eigenvalue weighted by Gasteiger charge is -2.03. The van der Waals surface area contributed by atoms with E-state index in [9.17, 15) is 0 Å². The molecule has 0 saturated carbocycles. The second-order valence-electron chi connectivity index (χ2n) is 6.55. The van der Waals surface area contributed by atoms with E-state index in [2.05, 4.69) is 36.0 Å². The molecule has 0 saturated heterocycles. The number of nitrogens with one attached hydrogen (secondary N) is 2. The molecule has 0 aliphatic carbocycles. The van der Waals surface area contributed by atoms with Crippen molar-refractivity contribution in [2.75, 3.05) is 7.11 Å². The van der Waals surface area contributed by atoms with E-state index in [4.69, 9.17) is 28.4 Å². The molecule has 158 valence electrons. The van der Waals surface area contributed by atoms with Gasteiger partial charge in [0.2, 0.25) is 0 Å². The summed E-state index contributed by atoms with van der Waals surface area (Å²) in [7, 11) is -3.01. The van der Waals surface area contributed by atoms with Crippen LogP contribution in [0.15, 0.2) is 46.9 Å². The lowest BCUT2D eigenvalue weighted by Crippen LogP contribution is -2.58. The van der Waals surface area contributed by atoms with Crippen molar-refractivity contribution in [3.63, 3.8) is 0 Å². The predicted octanol–water partition coefficient (Wildman–Crippen LogP) is 0.634. The number of halogens is 1. The number of nitrogens with zero attached hydrogens (tertiary/aromatic N) is 1. The van der Waals surface area contributed by atoms with Crippen molar-refractivity contribution in [1.29, 1.82) is 0 Å². The Morgan fingerprint density at radius 3 is 2.59 bits per heavy atom. The van der Waals surface area contributed by atoms with E-state index in [0.717, 1.165) is 35.0 Å². The molecule has 3 rings (SSSR count). The molecule has 29 heavy (non-hydrogen) atoms. The summed E-state index contributed by atoms with van der Waals surface area (Å²) < 4.78 is 38.2. The fourth-order valence-electron chi connectivity index (χ4n) is 2.99. The van der Waals surface area contributed by atoms with Crippen molar-refractivity contribution in [2.45, 2.75) is 39.5 Å². The second-order valence-corrected chi connectivity index (χ2v) is 7.34. The van der Waals surface area contributed by atoms with Gasteiger partial charge in [0.05, 0.1) is 33.4 Å². The smallest absolute Gasteiger partial charge is 0.146 e. The Morgan fingerprint density at radius 2 is 2.00 bits per heavy atom. The number of hydrogen-bond acceptors (Lipinski definition) is 6. The molecule has 8 nitrogen and oxygen atoms in total. The molecule has 0 amide bonds. The zero-order valence-electron chi connectivity index (χ0n) is 16.7. The Bertz CT molecular complexity index is 871. The first-order chi connectivity index (χ1) is 13.7. The Kier molecular flexibility index (Phi) is 8.24. The van der Waals surface area contributed by atoms with Gasteiger partial charge in [0.15, 0.2) is 0 Å². The Balaban J connectivity index is 0.000000537. The van der Waals surface area contributed by atoms with Gasteiger partial charge in [0.25, 0.3) is 0 Å². The van der Waals surface area contributed by atoms with Crippen LogP contribution in [0.4, 0.5) is 0 Å². The first-order valence-corrected chi connectivity index (χ1v) is 10.5. The van der Waals surface area contributed by atoms with Gasteiger partial charge >= 0.3 is 0 Å². The van der Waals surface area contributed by atoms with Crippen LogP contribution in [0.3, 0.4) is 0 Å². The Labute approximate surface area is 172 Å². The molecule has 2 aromatic heterocycles. The highest BCUT2D eigenvalue weighted by molar-refractivity contribution is 6.11. The molecule has 0 radical (unpaired) electrons. The minimum absolute atomic E-state index is 0.791. The van der Waals surface area contributed by atoms with Crippen molar-refractivity contribution < 1.29 is 33.6 Å². The number of unbranched alkanes of at least 4 members (excludes halogenated alkanes) is 2. The number of methoxy groups -OCH3 is 1. The minimum atomic E-state index is -4.69. The van der Waals surface area contributed by atoms with Crippen LogP contribution < -0.4 is 14.0 Å². The van der Waals surface area contributed by atoms with E-state index < -0.39 is 10.2 Å². The predicted molar refractivity (Wildman–Crippen MR) is 101 cm³/mol. The maximum absolute atomic E-state index is 8.60. The van der Waals surface area contributed by atoms with Crippen LogP contribution in [-0.2, 0) is 11.2 Å². The van der Waals surface area contributed by atoms with Crippen LogP contribution in [0.5, 0.6) is 0 Å². The number of aliphatic imine (C=N–C) groups is 1. The lowest BCUT2D eigenvalue weighted by molar-refractivity contribution is -1.92. The largest absolute Gasteiger partial charge is 0.494 e. The quantitative estimate of drug-likeness (QED) is 0.560. The van der Waals surface area contributed by atoms with E-state index in [1.54, 1.807) is 7.11 Å². The summed E-state index contributed by atoms with van der Waals surface area (Å²) in [4.78, 5) is 11.3. The van der Waals surface area contributed by atoms with Crippen LogP contribution in [0.1, 0.15) is 48.8 Å². The molecule has 1 aliphatic rings. The third-order valence-electron chi connectivity index (χ3n) is 4.34. The van der Waals surface area contributed by atoms with Gasteiger partial charge < -0.3 is 14.7 Å². The van der Waals surface area contributed by atoms with E-state index >= 15 is 0 Å². The van der Waals surface area contributed by atoms with Crippen LogP contribution in [0.25, 0.3) is 6.08 Å². The Hall–Kier alpha value is -2.36. The molecule has 0 unspecified atom stereocenters. The average Bonchev–Trinajstić information content (AvgIpc) is 3.34. The van der Waals surface area contributed by atoms with Gasteiger partial charge in [-0.3, -0.25) is 0 Å². The van der Waals surface area contributed by atoms with Gasteiger partial charge in [-0.05, 0) is 49.6 Å². The third kappa shape index (κ3) is 7.52. The van der Waals surface area contributed by atoms with Gasteiger partial charge in [-0.15, -0.1) is 0 Å². The van der Waals surface area contributed by atoms with Crippen molar-refractivity contribution in [3.05, 3.63) is 64.6 Å². The zero-order valence-corrected chi connectivity index (χ0v) is 17.5. The lowest BCUT2D eigenvalue weighted by atomic mass is 10.1. The molecule has 3 heterocycles. The number of allylic oxidation sites excluding steroid dienone is 1. The maximum atomic E-state index is 8.60. The highest BCUT2D eigenvalue weighted by Crippen LogP contribution is 2.25. The first kappa shape index (κ1) is 22.9. The molecule has 0 spiro atoms. The van der Waals surface area contributed by atoms with Gasteiger partial charge in [-0.25, -0.2) is 4.99 Å². The molecule has 0 aromatic carbocycles. The molecule has 0 fully saturated rings. The summed E-state index contributed by atoms with van der Waals surface area (Å²) in [5.74, 6) is 0.791. The van der Waals surface area contributed by atoms with Crippen molar-refractivity contribution >= 4 is 11.8 Å². The fraction of sp³-hybridized carbons (Fsp3) is 0.350. The minimum Gasteiger partial charge on any atom is -0.494 e. The number of ether oxygens (including phenoxy) is 1. The fourth-order valence-corrected chi connectivity index (χ4v) is 2.99. The zero-order chi connectivity index (χ0) is 21.4. The normalized spacial score (nSPS) is 15.1. The van der Waals surface area contributed by atoms with E-state index in [1.807, 2.05) is 24.4 Å². The summed E-state index contributed by atoms with van der Waals surface area (Å²) in [5.41, 5.74) is 6.46. The molecule has 0 atom stereocenters. The molecule has 2 aromatic rings. The van der Waals surface area contributed by atoms with Crippen LogP contribution in [0.2, 0.25) is 0 Å². The Morgan fingerprint density at radius 1 is 1.28 bits per heavy atom. The van der Waals surface area contributed by atoms with Gasteiger partial charge in [-0.2, -0.15) is 14.0 Å². The number of hydrogen-bond donors (Lipinski definition) is 3. The van der Waals surface area contributed by atoms with Crippen LogP contribution >= 0.6 is 0 Å². The molecular weight excluding hydrogens is 398 g/mol. The molecule has 0 bridgehead atoms. The van der Waals surface area contributed by atoms with Crippen molar-refractivity contribution in [3.8, 4) is 0 Å². The molecule has 1 aliphatic heterocycles. The summed E-state index contributed by atoms with van der Waals surface area (Å²) in [6.45, 7) is 4.37. The van der Waals surface area contributed by atoms with Gasteiger partial charge in [0, 0.05) is 23.7 Å². The number of aromatic amines is 2. The molecular formula is C20H26ClN3O5. The van der Waals surface area contributed by atoms with Gasteiger partial charge in [0.1, 0.15) is 11.5 Å². The summed E-state index contributed by atoms with van der Waals surface area (Å²) in [6, 6.07) is 6.21. The summed E-state index contributed by atoms with van der Waals surface area (Å²) in [6.07, 6.45) is 10.8. The van der Waals surface area contributed by atoms with E-state index in [0.29, 0.717) is 0 Å². The number of rotatable bonds is 7. The standard InChI is InChI=1S/C20H25N3O.ClHO4/c1-4-5-6-8-15-11-16(22-14(15)2)12-19-20(24-3)13-18(23-19)17-9-7-10-21-17;2-1(3,4)5/h7,9-13,21-22H,4-6,8H2,1-3H3;(H,2,3,4,5)/b19-12+;. The molecule has 3 N–H and O–H groups in total. The number of aromatic nitrogens is 2. The van der Waals surface area contributed by atoms with E-state index in [-0.39, 0.29) is 0 Å². The summed E-state index contributed by atoms with van der Waals surface area (Å²) >= 11 is 0. The number of H-pyrrole nitrogens is 2. The van der Waals surface area contributed by atoms with Crippen LogP contribution in [0, 0.1) is 17.2 Å². The van der Waals surface area contributed by atoms with E-state index in [1.165, 1.54) is 30.5 Å². The molecule has 9 heteroatoms. The second kappa shape index (κ2) is 10.4.